The first-order valence-corrected chi connectivity index (χ1v) is 7.96. The first-order chi connectivity index (χ1) is 8.54. The number of ether oxygens (including phenoxy) is 1. The van der Waals surface area contributed by atoms with Crippen LogP contribution in [0.25, 0.3) is 0 Å². The fourth-order valence-electron chi connectivity index (χ4n) is 1.89. The third-order valence-corrected chi connectivity index (χ3v) is 4.92. The molecule has 0 aromatic heterocycles. The first-order valence-electron chi connectivity index (χ1n) is 5.97. The van der Waals surface area contributed by atoms with Crippen molar-refractivity contribution < 1.29 is 13.2 Å². The van der Waals surface area contributed by atoms with Crippen LogP contribution in [0, 0.1) is 0 Å². The minimum atomic E-state index is -3.28. The fourth-order valence-corrected chi connectivity index (χ4v) is 3.73. The number of fused-ring (bicyclic) bond motifs is 1. The summed E-state index contributed by atoms with van der Waals surface area (Å²) < 4.78 is 31.3. The summed E-state index contributed by atoms with van der Waals surface area (Å²) in [5.41, 5.74) is 0.546. The molecule has 4 nitrogen and oxygen atoms in total. The van der Waals surface area contributed by atoms with Crippen molar-refractivity contribution in [1.29, 1.82) is 0 Å². The molecule has 0 saturated carbocycles. The van der Waals surface area contributed by atoms with Crippen LogP contribution in [-0.4, -0.2) is 27.3 Å². The van der Waals surface area contributed by atoms with Crippen LogP contribution in [0.15, 0.2) is 18.2 Å². The summed E-state index contributed by atoms with van der Waals surface area (Å²) in [6.45, 7) is 2.69. The molecule has 1 aromatic rings. The highest BCUT2D eigenvalue weighted by Crippen LogP contribution is 2.35. The number of halogens is 1. The molecule has 0 spiro atoms. The van der Waals surface area contributed by atoms with E-state index in [2.05, 4.69) is 0 Å². The summed E-state index contributed by atoms with van der Waals surface area (Å²) in [4.78, 5) is 0. The van der Waals surface area contributed by atoms with Crippen LogP contribution in [0.2, 0.25) is 5.02 Å². The Labute approximate surface area is 113 Å². The normalized spacial score (nSPS) is 15.1. The smallest absolute Gasteiger partial charge is 0.235 e. The third-order valence-electron chi connectivity index (χ3n) is 2.83. The Morgan fingerprint density at radius 3 is 2.94 bits per heavy atom. The lowest BCUT2D eigenvalue weighted by atomic mass is 10.2. The number of unbranched alkanes of at least 4 members (excludes halogenated alkanes) is 1. The highest BCUT2D eigenvalue weighted by atomic mass is 35.5. The Morgan fingerprint density at radius 2 is 2.22 bits per heavy atom. The summed E-state index contributed by atoms with van der Waals surface area (Å²) in [6, 6.07) is 5.04. The molecule has 0 radical (unpaired) electrons. The van der Waals surface area contributed by atoms with Crippen LogP contribution in [0.1, 0.15) is 19.8 Å². The maximum absolute atomic E-state index is 12.2. The average Bonchev–Trinajstić information content (AvgIpc) is 2.35. The quantitative estimate of drug-likeness (QED) is 0.856. The molecule has 0 unspecified atom stereocenters. The van der Waals surface area contributed by atoms with E-state index in [4.69, 9.17) is 16.3 Å². The molecule has 0 fully saturated rings. The Bertz CT molecular complexity index is 530. The molecular weight excluding hydrogens is 274 g/mol. The Kier molecular flexibility index (Phi) is 4.02. The molecule has 100 valence electrons. The van der Waals surface area contributed by atoms with Gasteiger partial charge in [-0.25, -0.2) is 8.42 Å². The van der Waals surface area contributed by atoms with Gasteiger partial charge in [-0.2, -0.15) is 0 Å². The van der Waals surface area contributed by atoms with Gasteiger partial charge in [0, 0.05) is 5.02 Å². The number of rotatable bonds is 4. The monoisotopic (exact) mass is 289 g/mol. The molecule has 1 heterocycles. The van der Waals surface area contributed by atoms with E-state index in [1.807, 2.05) is 6.92 Å². The van der Waals surface area contributed by atoms with Gasteiger partial charge in [0.05, 0.1) is 18.0 Å². The zero-order chi connectivity index (χ0) is 13.2. The SMILES string of the molecule is CCCCS(=O)(=O)N1CCOc2ccc(Cl)cc21. The molecule has 1 aliphatic rings. The summed E-state index contributed by atoms with van der Waals surface area (Å²) in [5, 5.41) is 0.509. The van der Waals surface area contributed by atoms with Crippen LogP contribution >= 0.6 is 11.6 Å². The van der Waals surface area contributed by atoms with Gasteiger partial charge in [0.25, 0.3) is 0 Å². The summed E-state index contributed by atoms with van der Waals surface area (Å²) >= 11 is 5.92. The van der Waals surface area contributed by atoms with Crippen LogP contribution < -0.4 is 9.04 Å². The molecule has 0 bridgehead atoms. The molecule has 18 heavy (non-hydrogen) atoms. The van der Waals surface area contributed by atoms with Crippen LogP contribution in [-0.2, 0) is 10.0 Å². The second-order valence-corrected chi connectivity index (χ2v) is 6.65. The minimum absolute atomic E-state index is 0.162. The largest absolute Gasteiger partial charge is 0.489 e. The lowest BCUT2D eigenvalue weighted by molar-refractivity contribution is 0.316. The van der Waals surface area contributed by atoms with Crippen LogP contribution in [0.4, 0.5) is 5.69 Å². The molecule has 0 atom stereocenters. The van der Waals surface area contributed by atoms with Crippen molar-refractivity contribution in [2.75, 3.05) is 23.2 Å². The van der Waals surface area contributed by atoms with Gasteiger partial charge in [-0.05, 0) is 24.6 Å². The molecule has 0 amide bonds. The summed E-state index contributed by atoms with van der Waals surface area (Å²) in [5.74, 6) is 0.737. The van der Waals surface area contributed by atoms with Crippen molar-refractivity contribution in [2.45, 2.75) is 19.8 Å². The second-order valence-electron chi connectivity index (χ2n) is 4.20. The van der Waals surface area contributed by atoms with Crippen molar-refractivity contribution >= 4 is 27.3 Å². The highest BCUT2D eigenvalue weighted by molar-refractivity contribution is 7.92. The maximum Gasteiger partial charge on any atom is 0.235 e. The number of benzene rings is 1. The van der Waals surface area contributed by atoms with Gasteiger partial charge in [0.2, 0.25) is 10.0 Å². The van der Waals surface area contributed by atoms with Gasteiger partial charge in [-0.3, -0.25) is 4.31 Å². The zero-order valence-electron chi connectivity index (χ0n) is 10.2. The van der Waals surface area contributed by atoms with E-state index in [1.165, 1.54) is 4.31 Å². The first kappa shape index (κ1) is 13.5. The van der Waals surface area contributed by atoms with E-state index < -0.39 is 10.0 Å². The van der Waals surface area contributed by atoms with E-state index in [1.54, 1.807) is 18.2 Å². The predicted octanol–water partition coefficient (Wildman–Crippen LogP) is 2.67. The lowest BCUT2D eigenvalue weighted by Gasteiger charge is -2.30. The van der Waals surface area contributed by atoms with E-state index >= 15 is 0 Å². The van der Waals surface area contributed by atoms with Gasteiger partial charge < -0.3 is 4.74 Å². The van der Waals surface area contributed by atoms with Crippen LogP contribution in [0.5, 0.6) is 5.75 Å². The Balaban J connectivity index is 2.35. The third kappa shape index (κ3) is 2.72. The number of sulfonamides is 1. The van der Waals surface area contributed by atoms with Gasteiger partial charge in [0.15, 0.2) is 0 Å². The van der Waals surface area contributed by atoms with Gasteiger partial charge >= 0.3 is 0 Å². The highest BCUT2D eigenvalue weighted by Gasteiger charge is 2.28. The van der Waals surface area contributed by atoms with E-state index in [0.717, 1.165) is 6.42 Å². The minimum Gasteiger partial charge on any atom is -0.489 e. The second kappa shape index (κ2) is 5.36. The maximum atomic E-state index is 12.2. The molecule has 1 aromatic carbocycles. The number of anilines is 1. The molecule has 0 saturated heterocycles. The average molecular weight is 290 g/mol. The summed E-state index contributed by atoms with van der Waals surface area (Å²) in [6.07, 6.45) is 1.52. The lowest BCUT2D eigenvalue weighted by Crippen LogP contribution is -2.39. The Hall–Kier alpha value is -0.940. The topological polar surface area (TPSA) is 46.6 Å². The van der Waals surface area contributed by atoms with Crippen molar-refractivity contribution in [3.8, 4) is 5.75 Å². The van der Waals surface area contributed by atoms with Crippen molar-refractivity contribution in [2.24, 2.45) is 0 Å². The predicted molar refractivity (Wildman–Crippen MR) is 73.0 cm³/mol. The van der Waals surface area contributed by atoms with Crippen molar-refractivity contribution in [3.63, 3.8) is 0 Å². The van der Waals surface area contributed by atoms with Crippen molar-refractivity contribution in [3.05, 3.63) is 23.2 Å². The van der Waals surface area contributed by atoms with Gasteiger partial charge in [0.1, 0.15) is 12.4 Å². The molecule has 1 aliphatic heterocycles. The summed E-state index contributed by atoms with van der Waals surface area (Å²) in [7, 11) is -3.28. The number of nitrogens with zero attached hydrogens (tertiary/aromatic N) is 1. The molecular formula is C12H16ClNO3S. The van der Waals surface area contributed by atoms with E-state index in [0.29, 0.717) is 36.0 Å². The van der Waals surface area contributed by atoms with Crippen LogP contribution in [0.3, 0.4) is 0 Å². The molecule has 0 aliphatic carbocycles. The molecule has 6 heteroatoms. The molecule has 2 rings (SSSR count). The fraction of sp³-hybridized carbons (Fsp3) is 0.500. The number of hydrogen-bond acceptors (Lipinski definition) is 3. The van der Waals surface area contributed by atoms with Gasteiger partial charge in [-0.15, -0.1) is 0 Å². The number of hydrogen-bond donors (Lipinski definition) is 0. The molecule has 0 N–H and O–H groups in total. The zero-order valence-corrected chi connectivity index (χ0v) is 11.8. The van der Waals surface area contributed by atoms with E-state index in [-0.39, 0.29) is 5.75 Å². The Morgan fingerprint density at radius 1 is 1.44 bits per heavy atom. The standard InChI is InChI=1S/C12H16ClNO3S/c1-2-3-8-18(15,16)14-6-7-17-12-5-4-10(13)9-11(12)14/h4-5,9H,2-3,6-8H2,1H3. The van der Waals surface area contributed by atoms with E-state index in [9.17, 15) is 8.42 Å². The van der Waals surface area contributed by atoms with Crippen molar-refractivity contribution in [1.82, 2.24) is 0 Å². The van der Waals surface area contributed by atoms with Gasteiger partial charge in [-0.1, -0.05) is 24.9 Å².